The van der Waals surface area contributed by atoms with E-state index in [1.54, 1.807) is 6.07 Å². The Morgan fingerprint density at radius 1 is 1.07 bits per heavy atom. The molecule has 0 fully saturated rings. The number of aryl methyl sites for hydroxylation is 1. The van der Waals surface area contributed by atoms with Gasteiger partial charge < -0.3 is 5.73 Å². The van der Waals surface area contributed by atoms with Crippen molar-refractivity contribution in [2.24, 2.45) is 5.73 Å². The second-order valence-electron chi connectivity index (χ2n) is 3.60. The summed E-state index contributed by atoms with van der Waals surface area (Å²) in [5.41, 5.74) is 7.18. The molecule has 0 saturated heterocycles. The first-order valence-electron chi connectivity index (χ1n) is 4.70. The van der Waals surface area contributed by atoms with Crippen LogP contribution in [0, 0.1) is 18.6 Å². The summed E-state index contributed by atoms with van der Waals surface area (Å²) >= 11 is 0. The van der Waals surface area contributed by atoms with Crippen molar-refractivity contribution < 1.29 is 8.78 Å². The van der Waals surface area contributed by atoms with Crippen LogP contribution < -0.4 is 5.73 Å². The molecule has 0 aliphatic carbocycles. The van der Waals surface area contributed by atoms with Crippen LogP contribution in [-0.2, 0) is 6.54 Å². The zero-order valence-corrected chi connectivity index (χ0v) is 8.35. The standard InChI is InChI=1S/C12H11F2N/c1-7-2-8(6-15)3-11-10(7)4-9(13)5-12(11)14/h2-5H,6,15H2,1H3. The van der Waals surface area contributed by atoms with Crippen molar-refractivity contribution in [3.05, 3.63) is 47.0 Å². The van der Waals surface area contributed by atoms with Crippen LogP contribution >= 0.6 is 0 Å². The molecule has 3 heteroatoms. The third-order valence-corrected chi connectivity index (χ3v) is 2.49. The summed E-state index contributed by atoms with van der Waals surface area (Å²) in [6.07, 6.45) is 0. The lowest BCUT2D eigenvalue weighted by Crippen LogP contribution is -1.98. The molecule has 0 radical (unpaired) electrons. The van der Waals surface area contributed by atoms with Gasteiger partial charge in [0.25, 0.3) is 0 Å². The number of nitrogens with two attached hydrogens (primary N) is 1. The van der Waals surface area contributed by atoms with E-state index >= 15 is 0 Å². The minimum absolute atomic E-state index is 0.355. The van der Waals surface area contributed by atoms with Crippen molar-refractivity contribution in [1.82, 2.24) is 0 Å². The summed E-state index contributed by atoms with van der Waals surface area (Å²) in [7, 11) is 0. The molecule has 0 amide bonds. The van der Waals surface area contributed by atoms with Crippen molar-refractivity contribution in [2.45, 2.75) is 13.5 Å². The molecule has 0 aliphatic heterocycles. The van der Waals surface area contributed by atoms with Crippen LogP contribution in [0.3, 0.4) is 0 Å². The Labute approximate surface area is 86.5 Å². The Morgan fingerprint density at radius 3 is 2.47 bits per heavy atom. The average molecular weight is 207 g/mol. The first-order valence-corrected chi connectivity index (χ1v) is 4.70. The quantitative estimate of drug-likeness (QED) is 0.764. The van der Waals surface area contributed by atoms with Gasteiger partial charge in [-0.1, -0.05) is 6.07 Å². The molecule has 2 N–H and O–H groups in total. The zero-order chi connectivity index (χ0) is 11.0. The van der Waals surface area contributed by atoms with E-state index in [9.17, 15) is 8.78 Å². The smallest absolute Gasteiger partial charge is 0.133 e. The minimum atomic E-state index is -0.552. The highest BCUT2D eigenvalue weighted by molar-refractivity contribution is 5.86. The third kappa shape index (κ3) is 1.70. The van der Waals surface area contributed by atoms with Gasteiger partial charge in [0, 0.05) is 18.0 Å². The van der Waals surface area contributed by atoms with Gasteiger partial charge in [0.2, 0.25) is 0 Å². The second-order valence-corrected chi connectivity index (χ2v) is 3.60. The predicted molar refractivity (Wildman–Crippen MR) is 56.5 cm³/mol. The molecule has 0 aromatic heterocycles. The van der Waals surface area contributed by atoms with Gasteiger partial charge in [-0.15, -0.1) is 0 Å². The molecule has 0 unspecified atom stereocenters. The lowest BCUT2D eigenvalue weighted by Gasteiger charge is -2.06. The SMILES string of the molecule is Cc1cc(CN)cc2c(F)cc(F)cc12. The van der Waals surface area contributed by atoms with Crippen molar-refractivity contribution >= 4 is 10.8 Å². The molecule has 15 heavy (non-hydrogen) atoms. The maximum absolute atomic E-state index is 13.5. The van der Waals surface area contributed by atoms with E-state index in [0.717, 1.165) is 17.2 Å². The van der Waals surface area contributed by atoms with Gasteiger partial charge in [-0.25, -0.2) is 8.78 Å². The van der Waals surface area contributed by atoms with Gasteiger partial charge >= 0.3 is 0 Å². The minimum Gasteiger partial charge on any atom is -0.326 e. The van der Waals surface area contributed by atoms with Crippen LogP contribution in [0.25, 0.3) is 10.8 Å². The Bertz CT molecular complexity index is 521. The van der Waals surface area contributed by atoms with Gasteiger partial charge in [0.1, 0.15) is 11.6 Å². The normalized spacial score (nSPS) is 10.9. The van der Waals surface area contributed by atoms with E-state index in [1.165, 1.54) is 6.07 Å². The maximum Gasteiger partial charge on any atom is 0.133 e. The first kappa shape index (κ1) is 10.1. The van der Waals surface area contributed by atoms with Crippen LogP contribution in [0.2, 0.25) is 0 Å². The monoisotopic (exact) mass is 207 g/mol. The number of benzene rings is 2. The lowest BCUT2D eigenvalue weighted by atomic mass is 10.0. The van der Waals surface area contributed by atoms with Crippen molar-refractivity contribution in [2.75, 3.05) is 0 Å². The van der Waals surface area contributed by atoms with Crippen LogP contribution in [0.4, 0.5) is 8.78 Å². The summed E-state index contributed by atoms with van der Waals surface area (Å²) in [4.78, 5) is 0. The van der Waals surface area contributed by atoms with Gasteiger partial charge in [-0.3, -0.25) is 0 Å². The Morgan fingerprint density at radius 2 is 1.80 bits per heavy atom. The molecule has 1 nitrogen and oxygen atoms in total. The van der Waals surface area contributed by atoms with E-state index in [-0.39, 0.29) is 0 Å². The fourth-order valence-electron chi connectivity index (χ4n) is 1.76. The molecule has 0 heterocycles. The molecule has 2 aromatic carbocycles. The van der Waals surface area contributed by atoms with Crippen LogP contribution in [0.15, 0.2) is 24.3 Å². The molecule has 0 aliphatic rings. The Hall–Kier alpha value is -1.48. The largest absolute Gasteiger partial charge is 0.326 e. The van der Waals surface area contributed by atoms with Crippen molar-refractivity contribution in [1.29, 1.82) is 0 Å². The highest BCUT2D eigenvalue weighted by atomic mass is 19.1. The van der Waals surface area contributed by atoms with E-state index in [1.807, 2.05) is 13.0 Å². The van der Waals surface area contributed by atoms with Gasteiger partial charge in [0.15, 0.2) is 0 Å². The number of hydrogen-bond acceptors (Lipinski definition) is 1. The predicted octanol–water partition coefficient (Wildman–Crippen LogP) is 2.89. The molecule has 0 spiro atoms. The molecular weight excluding hydrogens is 196 g/mol. The molecule has 2 aromatic rings. The molecule has 78 valence electrons. The van der Waals surface area contributed by atoms with Crippen molar-refractivity contribution in [3.63, 3.8) is 0 Å². The summed E-state index contributed by atoms with van der Waals surface area (Å²) < 4.78 is 26.5. The summed E-state index contributed by atoms with van der Waals surface area (Å²) in [6, 6.07) is 5.74. The van der Waals surface area contributed by atoms with E-state index in [2.05, 4.69) is 0 Å². The van der Waals surface area contributed by atoms with E-state index < -0.39 is 11.6 Å². The molecule has 2 rings (SSSR count). The third-order valence-electron chi connectivity index (χ3n) is 2.49. The molecule has 0 bridgehead atoms. The van der Waals surface area contributed by atoms with Gasteiger partial charge in [-0.05, 0) is 35.6 Å². The highest BCUT2D eigenvalue weighted by Crippen LogP contribution is 2.24. The van der Waals surface area contributed by atoms with Gasteiger partial charge in [0.05, 0.1) is 0 Å². The van der Waals surface area contributed by atoms with E-state index in [0.29, 0.717) is 17.3 Å². The van der Waals surface area contributed by atoms with Crippen LogP contribution in [-0.4, -0.2) is 0 Å². The van der Waals surface area contributed by atoms with Crippen LogP contribution in [0.5, 0.6) is 0 Å². The maximum atomic E-state index is 13.5. The molecule has 0 saturated carbocycles. The number of hydrogen-bond donors (Lipinski definition) is 1. The Balaban J connectivity index is 2.85. The second kappa shape index (κ2) is 3.59. The van der Waals surface area contributed by atoms with Gasteiger partial charge in [-0.2, -0.15) is 0 Å². The number of fused-ring (bicyclic) bond motifs is 1. The summed E-state index contributed by atoms with van der Waals surface area (Å²) in [6.45, 7) is 2.17. The Kier molecular flexibility index (Phi) is 2.40. The zero-order valence-electron chi connectivity index (χ0n) is 8.35. The van der Waals surface area contributed by atoms with Crippen LogP contribution in [0.1, 0.15) is 11.1 Å². The number of halogens is 2. The fraction of sp³-hybridized carbons (Fsp3) is 0.167. The highest BCUT2D eigenvalue weighted by Gasteiger charge is 2.07. The topological polar surface area (TPSA) is 26.0 Å². The molecule has 0 atom stereocenters. The lowest BCUT2D eigenvalue weighted by molar-refractivity contribution is 0.592. The first-order chi connectivity index (χ1) is 7.11. The molecular formula is C12H11F2N. The summed E-state index contributed by atoms with van der Waals surface area (Å²) in [5, 5.41) is 1.03. The summed E-state index contributed by atoms with van der Waals surface area (Å²) in [5.74, 6) is -1.09. The average Bonchev–Trinajstić information content (AvgIpc) is 2.19. The van der Waals surface area contributed by atoms with E-state index in [4.69, 9.17) is 5.73 Å². The van der Waals surface area contributed by atoms with Crippen molar-refractivity contribution in [3.8, 4) is 0 Å². The fourth-order valence-corrected chi connectivity index (χ4v) is 1.76. The number of rotatable bonds is 1.